The van der Waals surface area contributed by atoms with Crippen LogP contribution in [-0.2, 0) is 14.8 Å². The van der Waals surface area contributed by atoms with Crippen LogP contribution in [0.3, 0.4) is 0 Å². The van der Waals surface area contributed by atoms with Crippen LogP contribution in [-0.4, -0.2) is 51.1 Å². The van der Waals surface area contributed by atoms with Gasteiger partial charge in [0, 0.05) is 19.2 Å². The molecule has 124 valence electrons. The van der Waals surface area contributed by atoms with E-state index < -0.39 is 10.0 Å². The molecule has 2 rings (SSSR count). The van der Waals surface area contributed by atoms with Crippen molar-refractivity contribution in [3.8, 4) is 0 Å². The first-order valence-corrected chi connectivity index (χ1v) is 9.24. The van der Waals surface area contributed by atoms with E-state index in [9.17, 15) is 8.42 Å². The number of morpholine rings is 1. The predicted molar refractivity (Wildman–Crippen MR) is 85.3 cm³/mol. The lowest BCUT2D eigenvalue weighted by Crippen LogP contribution is -2.47. The van der Waals surface area contributed by atoms with Crippen LogP contribution in [0.25, 0.3) is 0 Å². The van der Waals surface area contributed by atoms with Gasteiger partial charge in [-0.1, -0.05) is 13.8 Å². The van der Waals surface area contributed by atoms with Crippen molar-refractivity contribution in [1.82, 2.24) is 4.31 Å². The van der Waals surface area contributed by atoms with Crippen LogP contribution in [0, 0.1) is 0 Å². The third kappa shape index (κ3) is 3.59. The molecule has 6 nitrogen and oxygen atoms in total. The predicted octanol–water partition coefficient (Wildman–Crippen LogP) is 1.14. The number of hydrogen-bond donors (Lipinski definition) is 0. The molecule has 1 fully saturated rings. The second kappa shape index (κ2) is 6.93. The van der Waals surface area contributed by atoms with E-state index in [1.54, 1.807) is 12.3 Å². The summed E-state index contributed by atoms with van der Waals surface area (Å²) in [4.78, 5) is 5.61. The molecule has 2 heterocycles. The lowest BCUT2D eigenvalue weighted by molar-refractivity contribution is -0.368. The maximum absolute atomic E-state index is 12.5. The molecule has 0 aliphatic carbocycles. The van der Waals surface area contributed by atoms with Gasteiger partial charge in [0.05, 0.1) is 12.2 Å². The summed E-state index contributed by atoms with van der Waals surface area (Å²) in [7, 11) is -3.41. The van der Waals surface area contributed by atoms with Gasteiger partial charge in [0.1, 0.15) is 24.2 Å². The van der Waals surface area contributed by atoms with Crippen LogP contribution in [0.5, 0.6) is 0 Å². The maximum atomic E-state index is 12.5. The molecule has 0 saturated carbocycles. The molecule has 0 unspecified atom stereocenters. The topological polar surface area (TPSA) is 64.0 Å². The molecule has 1 aliphatic rings. The molecule has 1 aromatic heterocycles. The Hall–Kier alpha value is -1.18. The quantitative estimate of drug-likeness (QED) is 0.813. The summed E-state index contributed by atoms with van der Waals surface area (Å²) >= 11 is 0. The number of rotatable bonds is 5. The summed E-state index contributed by atoms with van der Waals surface area (Å²) < 4.78 is 32.1. The van der Waals surface area contributed by atoms with Gasteiger partial charge in [0.15, 0.2) is 0 Å². The second-order valence-corrected chi connectivity index (χ2v) is 7.60. The Balaban J connectivity index is 2.20. The van der Waals surface area contributed by atoms with Gasteiger partial charge in [-0.15, -0.1) is 0 Å². The van der Waals surface area contributed by atoms with Crippen molar-refractivity contribution in [2.45, 2.75) is 44.8 Å². The fourth-order valence-electron chi connectivity index (χ4n) is 2.85. The zero-order valence-corrected chi connectivity index (χ0v) is 14.6. The first kappa shape index (κ1) is 17.2. The van der Waals surface area contributed by atoms with E-state index in [2.05, 4.69) is 9.88 Å². The first-order valence-electron chi connectivity index (χ1n) is 7.80. The Morgan fingerprint density at radius 2 is 1.82 bits per heavy atom. The third-order valence-electron chi connectivity index (χ3n) is 3.87. The van der Waals surface area contributed by atoms with Crippen molar-refractivity contribution < 1.29 is 18.1 Å². The van der Waals surface area contributed by atoms with Crippen LogP contribution in [0.1, 0.15) is 27.7 Å². The summed E-state index contributed by atoms with van der Waals surface area (Å²) in [6, 6.07) is 3.51. The van der Waals surface area contributed by atoms with Gasteiger partial charge in [0.25, 0.3) is 5.82 Å². The highest BCUT2D eigenvalue weighted by molar-refractivity contribution is 7.89. The number of pyridine rings is 1. The number of nitrogens with one attached hydrogen (secondary N) is 1. The maximum Gasteiger partial charge on any atom is 0.274 e. The first-order chi connectivity index (χ1) is 10.4. The lowest BCUT2D eigenvalue weighted by Gasteiger charge is -2.30. The minimum atomic E-state index is -3.41. The number of aromatic nitrogens is 1. The summed E-state index contributed by atoms with van der Waals surface area (Å²) in [6.07, 6.45) is 1.90. The van der Waals surface area contributed by atoms with Crippen LogP contribution >= 0.6 is 0 Å². The lowest BCUT2D eigenvalue weighted by atomic mass is 10.2. The highest BCUT2D eigenvalue weighted by Crippen LogP contribution is 2.19. The number of aromatic amines is 1. The van der Waals surface area contributed by atoms with Gasteiger partial charge < -0.3 is 4.74 Å². The Labute approximate surface area is 133 Å². The normalized spacial score (nSPS) is 23.0. The van der Waals surface area contributed by atoms with Gasteiger partial charge >= 0.3 is 0 Å². The van der Waals surface area contributed by atoms with E-state index in [-0.39, 0.29) is 12.2 Å². The van der Waals surface area contributed by atoms with E-state index in [0.717, 1.165) is 18.9 Å². The van der Waals surface area contributed by atoms with E-state index in [1.165, 1.54) is 4.31 Å². The number of nitrogens with zero attached hydrogens (tertiary/aromatic N) is 2. The molecule has 2 atom stereocenters. The van der Waals surface area contributed by atoms with Crippen LogP contribution in [0.2, 0.25) is 0 Å². The molecule has 1 saturated heterocycles. The highest BCUT2D eigenvalue weighted by Gasteiger charge is 2.29. The number of hydrogen-bond acceptors (Lipinski definition) is 4. The Kier molecular flexibility index (Phi) is 5.41. The number of H-pyrrole nitrogens is 1. The fraction of sp³-hybridized carbons (Fsp3) is 0.667. The van der Waals surface area contributed by atoms with Crippen molar-refractivity contribution in [2.24, 2.45) is 0 Å². The number of sulfonamides is 1. The van der Waals surface area contributed by atoms with Gasteiger partial charge in [-0.3, -0.25) is 4.90 Å². The van der Waals surface area contributed by atoms with Gasteiger partial charge in [-0.25, -0.2) is 13.4 Å². The average Bonchev–Trinajstić information content (AvgIpc) is 2.47. The standard InChI is InChI=1S/C15H25N3O3S/c1-5-18(6-2)22(19,20)14-7-8-15(16-9-14)17-10-12(3)21-13(4)11-17/h7-9,12-13H,5-6,10-11H2,1-4H3/p+1/t12-,13-/m0/s1. The molecular weight excluding hydrogens is 302 g/mol. The van der Waals surface area contributed by atoms with Crippen molar-refractivity contribution in [3.05, 3.63) is 18.3 Å². The molecule has 0 bridgehead atoms. The third-order valence-corrected chi connectivity index (χ3v) is 5.92. The molecule has 1 aliphatic heterocycles. The average molecular weight is 328 g/mol. The monoisotopic (exact) mass is 328 g/mol. The summed E-state index contributed by atoms with van der Waals surface area (Å²) in [5, 5.41) is 0. The number of ether oxygens (including phenoxy) is 1. The van der Waals surface area contributed by atoms with E-state index in [0.29, 0.717) is 18.0 Å². The molecule has 0 spiro atoms. The highest BCUT2D eigenvalue weighted by atomic mass is 32.2. The van der Waals surface area contributed by atoms with Gasteiger partial charge in [-0.2, -0.15) is 4.31 Å². The minimum absolute atomic E-state index is 0.163. The van der Waals surface area contributed by atoms with Crippen molar-refractivity contribution >= 4 is 15.8 Å². The van der Waals surface area contributed by atoms with Crippen LogP contribution in [0.15, 0.2) is 23.2 Å². The van der Waals surface area contributed by atoms with E-state index in [1.807, 2.05) is 33.8 Å². The van der Waals surface area contributed by atoms with Crippen molar-refractivity contribution in [1.29, 1.82) is 0 Å². The largest absolute Gasteiger partial charge is 0.367 e. The molecule has 22 heavy (non-hydrogen) atoms. The van der Waals surface area contributed by atoms with Crippen molar-refractivity contribution in [3.63, 3.8) is 0 Å². The zero-order chi connectivity index (χ0) is 16.3. The smallest absolute Gasteiger partial charge is 0.274 e. The summed E-state index contributed by atoms with van der Waals surface area (Å²) in [6.45, 7) is 10.3. The van der Waals surface area contributed by atoms with Crippen LogP contribution < -0.4 is 9.88 Å². The van der Waals surface area contributed by atoms with Gasteiger partial charge in [-0.05, 0) is 19.9 Å². The summed E-state index contributed by atoms with van der Waals surface area (Å²) in [5.74, 6) is 0.917. The minimum Gasteiger partial charge on any atom is -0.367 e. The van der Waals surface area contributed by atoms with E-state index in [4.69, 9.17) is 4.74 Å². The molecule has 0 radical (unpaired) electrons. The van der Waals surface area contributed by atoms with E-state index >= 15 is 0 Å². The second-order valence-electron chi connectivity index (χ2n) is 5.66. The molecule has 1 aromatic rings. The van der Waals surface area contributed by atoms with Crippen LogP contribution in [0.4, 0.5) is 5.82 Å². The SMILES string of the molecule is CCN(CC)S(=O)(=O)c1ccc(N2C[C@H](C)O[C@@H](C)C2)[nH+]c1. The number of anilines is 1. The van der Waals surface area contributed by atoms with Crippen molar-refractivity contribution in [2.75, 3.05) is 31.1 Å². The molecule has 0 amide bonds. The molecule has 7 heteroatoms. The van der Waals surface area contributed by atoms with Gasteiger partial charge in [0.2, 0.25) is 10.0 Å². The Bertz CT molecular complexity index is 575. The zero-order valence-electron chi connectivity index (χ0n) is 13.7. The molecular formula is C15H26N3O3S+. The Morgan fingerprint density at radius 3 is 2.27 bits per heavy atom. The fourth-order valence-corrected chi connectivity index (χ4v) is 4.27. The molecule has 1 N–H and O–H groups in total. The summed E-state index contributed by atoms with van der Waals surface area (Å²) in [5.41, 5.74) is 0. The molecule has 0 aromatic carbocycles. The Morgan fingerprint density at radius 1 is 1.23 bits per heavy atom.